The summed E-state index contributed by atoms with van der Waals surface area (Å²) in [5.74, 6) is 1.58. The van der Waals surface area contributed by atoms with E-state index < -0.39 is 0 Å². The maximum Gasteiger partial charge on any atom is 0.217 e. The minimum Gasteiger partial charge on any atom is -0.497 e. The first-order chi connectivity index (χ1) is 7.65. The molecule has 1 aliphatic carbocycles. The van der Waals surface area contributed by atoms with E-state index in [9.17, 15) is 0 Å². The molecule has 0 amide bonds. The van der Waals surface area contributed by atoms with Crippen molar-refractivity contribution in [2.75, 3.05) is 7.11 Å². The molecule has 2 aliphatic rings. The van der Waals surface area contributed by atoms with Crippen molar-refractivity contribution in [3.63, 3.8) is 0 Å². The summed E-state index contributed by atoms with van der Waals surface area (Å²) in [5, 5.41) is 0. The van der Waals surface area contributed by atoms with Gasteiger partial charge in [0.2, 0.25) is 5.96 Å². The number of nitrogens with zero attached hydrogens (tertiary/aromatic N) is 2. The maximum absolute atomic E-state index is 5.83. The van der Waals surface area contributed by atoms with Crippen molar-refractivity contribution >= 4 is 11.8 Å². The molecule has 1 aliphatic heterocycles. The van der Waals surface area contributed by atoms with Gasteiger partial charge in [0.25, 0.3) is 0 Å². The van der Waals surface area contributed by atoms with Crippen LogP contribution in [0.25, 0.3) is 0 Å². The Labute approximate surface area is 94.6 Å². The molecular weight excluding hydrogens is 204 g/mol. The van der Waals surface area contributed by atoms with Gasteiger partial charge >= 0.3 is 0 Å². The van der Waals surface area contributed by atoms with Crippen LogP contribution >= 0.6 is 0 Å². The molecule has 0 saturated heterocycles. The quantitative estimate of drug-likeness (QED) is 0.717. The zero-order valence-corrected chi connectivity index (χ0v) is 9.53. The molecule has 16 heavy (non-hydrogen) atoms. The molecule has 0 spiro atoms. The molecule has 1 atom stereocenters. The van der Waals surface area contributed by atoms with Crippen LogP contribution in [0, 0.1) is 0 Å². The fourth-order valence-corrected chi connectivity index (χ4v) is 2.04. The van der Waals surface area contributed by atoms with Crippen LogP contribution in [-0.2, 0) is 4.74 Å². The first kappa shape index (κ1) is 10.7. The lowest BCUT2D eigenvalue weighted by Gasteiger charge is -2.26. The zero-order chi connectivity index (χ0) is 11.7. The Morgan fingerprint density at radius 3 is 2.88 bits per heavy atom. The van der Waals surface area contributed by atoms with Crippen molar-refractivity contribution in [1.29, 1.82) is 0 Å². The molecule has 0 radical (unpaired) electrons. The number of ether oxygens (including phenoxy) is 1. The van der Waals surface area contributed by atoms with Crippen molar-refractivity contribution in [2.45, 2.75) is 25.8 Å². The largest absolute Gasteiger partial charge is 0.497 e. The van der Waals surface area contributed by atoms with Crippen LogP contribution in [0.5, 0.6) is 0 Å². The van der Waals surface area contributed by atoms with E-state index in [1.165, 1.54) is 5.57 Å². The van der Waals surface area contributed by atoms with E-state index >= 15 is 0 Å². The molecule has 86 valence electrons. The number of amidine groups is 1. The normalized spacial score (nSPS) is 24.4. The van der Waals surface area contributed by atoms with Crippen molar-refractivity contribution < 1.29 is 4.74 Å². The molecule has 4 N–H and O–H groups in total. The van der Waals surface area contributed by atoms with E-state index in [1.807, 2.05) is 6.08 Å². The van der Waals surface area contributed by atoms with E-state index in [4.69, 9.17) is 16.2 Å². The Morgan fingerprint density at radius 2 is 2.25 bits per heavy atom. The number of methoxy groups -OCH3 is 1. The maximum atomic E-state index is 5.83. The van der Waals surface area contributed by atoms with E-state index in [0.29, 0.717) is 5.84 Å². The molecule has 0 saturated carbocycles. The van der Waals surface area contributed by atoms with Gasteiger partial charge in [0.15, 0.2) is 0 Å². The highest BCUT2D eigenvalue weighted by Crippen LogP contribution is 2.30. The lowest BCUT2D eigenvalue weighted by atomic mass is 9.90. The lowest BCUT2D eigenvalue weighted by molar-refractivity contribution is 0.296. The number of allylic oxidation sites excluding steroid dienone is 1. The predicted octanol–water partition coefficient (Wildman–Crippen LogP) is 0.681. The van der Waals surface area contributed by atoms with Crippen LogP contribution in [0.15, 0.2) is 33.0 Å². The molecule has 0 aromatic heterocycles. The number of guanidine groups is 1. The smallest absolute Gasteiger partial charge is 0.217 e. The highest BCUT2D eigenvalue weighted by molar-refractivity contribution is 6.07. The number of hydrogen-bond donors (Lipinski definition) is 2. The van der Waals surface area contributed by atoms with Gasteiger partial charge < -0.3 is 16.2 Å². The Bertz CT molecular complexity index is 431. The van der Waals surface area contributed by atoms with Crippen molar-refractivity contribution in [1.82, 2.24) is 0 Å². The minimum atomic E-state index is 0.00588. The number of fused-ring (bicyclic) bond motifs is 1. The molecule has 0 aromatic rings. The Balaban J connectivity index is 2.42. The van der Waals surface area contributed by atoms with Crippen molar-refractivity contribution in [3.8, 4) is 0 Å². The van der Waals surface area contributed by atoms with Gasteiger partial charge in [-0.05, 0) is 24.5 Å². The van der Waals surface area contributed by atoms with Crippen molar-refractivity contribution in [3.05, 3.63) is 23.0 Å². The lowest BCUT2D eigenvalue weighted by Crippen LogP contribution is -2.34. The second-order valence-corrected chi connectivity index (χ2v) is 3.83. The second kappa shape index (κ2) is 4.00. The number of rotatable bonds is 2. The summed E-state index contributed by atoms with van der Waals surface area (Å²) in [7, 11) is 1.66. The molecule has 0 bridgehead atoms. The summed E-state index contributed by atoms with van der Waals surface area (Å²) < 4.78 is 5.33. The summed E-state index contributed by atoms with van der Waals surface area (Å²) in [4.78, 5) is 8.25. The third-order valence-electron chi connectivity index (χ3n) is 2.90. The third kappa shape index (κ3) is 1.68. The van der Waals surface area contributed by atoms with Gasteiger partial charge in [-0.15, -0.1) is 0 Å². The van der Waals surface area contributed by atoms with E-state index in [-0.39, 0.29) is 12.0 Å². The summed E-state index contributed by atoms with van der Waals surface area (Å²) in [6.45, 7) is 2.10. The van der Waals surface area contributed by atoms with Gasteiger partial charge in [0.05, 0.1) is 13.2 Å². The summed E-state index contributed by atoms with van der Waals surface area (Å²) in [6, 6.07) is 0.00588. The summed E-state index contributed by atoms with van der Waals surface area (Å²) in [6.07, 6.45) is 3.67. The average molecular weight is 220 g/mol. The van der Waals surface area contributed by atoms with Crippen LogP contribution in [0.2, 0.25) is 0 Å². The topological polar surface area (TPSA) is 86.0 Å². The molecule has 2 rings (SSSR count). The van der Waals surface area contributed by atoms with E-state index in [2.05, 4.69) is 16.9 Å². The van der Waals surface area contributed by atoms with Gasteiger partial charge in [0.1, 0.15) is 11.6 Å². The van der Waals surface area contributed by atoms with E-state index in [0.717, 1.165) is 24.2 Å². The van der Waals surface area contributed by atoms with Gasteiger partial charge in [0, 0.05) is 5.57 Å². The Hall–Kier alpha value is -1.78. The zero-order valence-electron chi connectivity index (χ0n) is 9.53. The number of aliphatic imine (C=N–C) groups is 2. The number of hydrogen-bond acceptors (Lipinski definition) is 5. The van der Waals surface area contributed by atoms with Crippen LogP contribution in [0.1, 0.15) is 19.8 Å². The minimum absolute atomic E-state index is 0.00588. The molecule has 0 fully saturated rings. The van der Waals surface area contributed by atoms with Crippen LogP contribution in [0.4, 0.5) is 0 Å². The first-order valence-electron chi connectivity index (χ1n) is 5.31. The molecule has 1 unspecified atom stereocenters. The van der Waals surface area contributed by atoms with E-state index in [1.54, 1.807) is 7.11 Å². The molecule has 1 heterocycles. The SMILES string of the molecule is CCC1=C(OC)C=C2C(N)=NC(N)=NC2C1. The fourth-order valence-electron chi connectivity index (χ4n) is 2.04. The van der Waals surface area contributed by atoms with Crippen LogP contribution in [-0.4, -0.2) is 24.9 Å². The molecule has 5 heteroatoms. The predicted molar refractivity (Wildman–Crippen MR) is 64.1 cm³/mol. The van der Waals surface area contributed by atoms with Crippen molar-refractivity contribution in [2.24, 2.45) is 21.5 Å². The highest BCUT2D eigenvalue weighted by atomic mass is 16.5. The monoisotopic (exact) mass is 220 g/mol. The van der Waals surface area contributed by atoms with Crippen LogP contribution < -0.4 is 11.5 Å². The van der Waals surface area contributed by atoms with Gasteiger partial charge in [-0.25, -0.2) is 4.99 Å². The fraction of sp³-hybridized carbons (Fsp3) is 0.455. The number of nitrogens with two attached hydrogens (primary N) is 2. The molecule has 5 nitrogen and oxygen atoms in total. The first-order valence-corrected chi connectivity index (χ1v) is 5.31. The molecule has 0 aromatic carbocycles. The van der Waals surface area contributed by atoms with Crippen LogP contribution in [0.3, 0.4) is 0 Å². The highest BCUT2D eigenvalue weighted by Gasteiger charge is 2.27. The summed E-state index contributed by atoms with van der Waals surface area (Å²) in [5.41, 5.74) is 13.6. The Kier molecular flexibility index (Phi) is 2.68. The summed E-state index contributed by atoms with van der Waals surface area (Å²) >= 11 is 0. The third-order valence-corrected chi connectivity index (χ3v) is 2.90. The van der Waals surface area contributed by atoms with Gasteiger partial charge in [-0.2, -0.15) is 4.99 Å². The average Bonchev–Trinajstić information content (AvgIpc) is 2.27. The molecular formula is C11H16N4O. The van der Waals surface area contributed by atoms with Gasteiger partial charge in [-0.3, -0.25) is 0 Å². The van der Waals surface area contributed by atoms with Gasteiger partial charge in [-0.1, -0.05) is 6.92 Å². The standard InChI is InChI=1S/C11H16N4O/c1-3-6-4-8-7(5-9(6)16-2)10(12)15-11(13)14-8/h5,8H,3-4H2,1-2H3,(H4,12,13,14,15). The second-order valence-electron chi connectivity index (χ2n) is 3.83. The Morgan fingerprint density at radius 1 is 1.50 bits per heavy atom.